The number of aryl methyl sites for hydroxylation is 2. The highest BCUT2D eigenvalue weighted by atomic mass is 15.1. The van der Waals surface area contributed by atoms with E-state index < -0.39 is 0 Å². The zero-order valence-corrected chi connectivity index (χ0v) is 24.7. The van der Waals surface area contributed by atoms with Gasteiger partial charge in [-0.25, -0.2) is 0 Å². The minimum Gasteiger partial charge on any atom is -0.347 e. The summed E-state index contributed by atoms with van der Waals surface area (Å²) >= 11 is 0. The van der Waals surface area contributed by atoms with Gasteiger partial charge in [0.2, 0.25) is 0 Å². The summed E-state index contributed by atoms with van der Waals surface area (Å²) < 4.78 is 0. The van der Waals surface area contributed by atoms with E-state index in [4.69, 9.17) is 0 Å². The lowest BCUT2D eigenvalue weighted by molar-refractivity contribution is 0.623. The predicted octanol–water partition coefficient (Wildman–Crippen LogP) is 10.6. The van der Waals surface area contributed by atoms with E-state index in [0.29, 0.717) is 0 Å². The van der Waals surface area contributed by atoms with Crippen molar-refractivity contribution in [2.75, 3.05) is 16.3 Å². The van der Waals surface area contributed by atoms with E-state index in [9.17, 15) is 0 Å². The molecule has 0 spiro atoms. The molecule has 0 atom stereocenters. The van der Waals surface area contributed by atoms with Gasteiger partial charge in [-0.2, -0.15) is 0 Å². The van der Waals surface area contributed by atoms with E-state index in [1.54, 1.807) is 0 Å². The van der Waals surface area contributed by atoms with E-state index in [2.05, 4.69) is 172 Å². The Hall–Kier alpha value is -4.56. The van der Waals surface area contributed by atoms with Crippen molar-refractivity contribution in [2.24, 2.45) is 0 Å². The van der Waals surface area contributed by atoms with Crippen LogP contribution in [0.15, 0.2) is 127 Å². The zero-order chi connectivity index (χ0) is 28.6. The molecule has 2 nitrogen and oxygen atoms in total. The Bertz CT molecular complexity index is 1690. The molecule has 5 aromatic rings. The van der Waals surface area contributed by atoms with Gasteiger partial charge in [0, 0.05) is 40.6 Å². The van der Waals surface area contributed by atoms with Crippen LogP contribution in [0.2, 0.25) is 0 Å². The standard InChI is InChI=1S/C39H38N2/c1-6-40-27-32(39(4,5)37-26-18-31-9-7-8-10-36(31)38(37)40)19-15-30-16-24-35(25-17-30)41(33-20-11-28(2)12-21-33)34-22-13-29(3)14-23-34/h7-27H,6H2,1-5H3. The van der Waals surface area contributed by atoms with Gasteiger partial charge >= 0.3 is 0 Å². The van der Waals surface area contributed by atoms with Gasteiger partial charge in [-0.1, -0.05) is 110 Å². The molecule has 5 aromatic carbocycles. The lowest BCUT2D eigenvalue weighted by atomic mass is 9.74. The molecule has 0 amide bonds. The number of hydrogen-bond donors (Lipinski definition) is 0. The molecule has 1 aliphatic heterocycles. The topological polar surface area (TPSA) is 6.48 Å². The van der Waals surface area contributed by atoms with Crippen molar-refractivity contribution in [1.29, 1.82) is 0 Å². The molecule has 2 heteroatoms. The van der Waals surface area contributed by atoms with Crippen molar-refractivity contribution < 1.29 is 0 Å². The fraction of sp³-hybridized carbons (Fsp3) is 0.179. The Morgan fingerprint density at radius 1 is 0.659 bits per heavy atom. The van der Waals surface area contributed by atoms with Crippen LogP contribution >= 0.6 is 0 Å². The Morgan fingerprint density at radius 3 is 1.80 bits per heavy atom. The molecule has 0 aliphatic carbocycles. The molecule has 0 fully saturated rings. The number of nitrogens with zero attached hydrogens (tertiary/aromatic N) is 2. The van der Waals surface area contributed by atoms with E-state index >= 15 is 0 Å². The molecule has 6 rings (SSSR count). The largest absolute Gasteiger partial charge is 0.347 e. The normalized spacial score (nSPS) is 14.3. The Labute approximate surface area is 244 Å². The van der Waals surface area contributed by atoms with Crippen LogP contribution in [0.5, 0.6) is 0 Å². The molecule has 0 bridgehead atoms. The molecule has 204 valence electrons. The Morgan fingerprint density at radius 2 is 1.22 bits per heavy atom. The second-order valence-electron chi connectivity index (χ2n) is 11.6. The van der Waals surface area contributed by atoms with Crippen molar-refractivity contribution in [3.63, 3.8) is 0 Å². The van der Waals surface area contributed by atoms with Crippen molar-refractivity contribution in [3.8, 4) is 0 Å². The first-order valence-electron chi connectivity index (χ1n) is 14.6. The highest BCUT2D eigenvalue weighted by Crippen LogP contribution is 2.46. The molecule has 41 heavy (non-hydrogen) atoms. The first kappa shape index (κ1) is 26.7. The second kappa shape index (κ2) is 10.8. The maximum absolute atomic E-state index is 2.41. The first-order chi connectivity index (χ1) is 19.8. The smallest absolute Gasteiger partial charge is 0.0527 e. The van der Waals surface area contributed by atoms with E-state index in [1.807, 2.05) is 0 Å². The number of hydrogen-bond acceptors (Lipinski definition) is 2. The zero-order valence-electron chi connectivity index (χ0n) is 24.7. The van der Waals surface area contributed by atoms with Gasteiger partial charge in [-0.3, -0.25) is 0 Å². The van der Waals surface area contributed by atoms with Gasteiger partial charge in [-0.15, -0.1) is 0 Å². The molecular formula is C39H38N2. The third-order valence-corrected chi connectivity index (χ3v) is 8.41. The van der Waals surface area contributed by atoms with Crippen LogP contribution in [-0.2, 0) is 5.41 Å². The number of rotatable bonds is 6. The fourth-order valence-electron chi connectivity index (χ4n) is 5.87. The van der Waals surface area contributed by atoms with Crippen LogP contribution in [0.1, 0.15) is 43.0 Å². The molecular weight excluding hydrogens is 496 g/mol. The molecule has 1 aliphatic rings. The van der Waals surface area contributed by atoms with Crippen molar-refractivity contribution >= 4 is 39.6 Å². The van der Waals surface area contributed by atoms with E-state index in [-0.39, 0.29) is 5.41 Å². The lowest BCUT2D eigenvalue weighted by Gasteiger charge is -2.39. The van der Waals surface area contributed by atoms with Crippen LogP contribution in [0.4, 0.5) is 22.7 Å². The second-order valence-corrected chi connectivity index (χ2v) is 11.6. The highest BCUT2D eigenvalue weighted by Gasteiger charge is 2.33. The number of benzene rings is 5. The summed E-state index contributed by atoms with van der Waals surface area (Å²) in [5, 5.41) is 2.61. The summed E-state index contributed by atoms with van der Waals surface area (Å²) in [6.45, 7) is 12.1. The number of fused-ring (bicyclic) bond motifs is 3. The molecule has 1 heterocycles. The fourth-order valence-corrected chi connectivity index (χ4v) is 5.87. The van der Waals surface area contributed by atoms with Crippen LogP contribution in [0.3, 0.4) is 0 Å². The van der Waals surface area contributed by atoms with Gasteiger partial charge in [0.25, 0.3) is 0 Å². The average molecular weight is 535 g/mol. The first-order valence-corrected chi connectivity index (χ1v) is 14.6. The quantitative estimate of drug-likeness (QED) is 0.214. The molecule has 0 aromatic heterocycles. The number of allylic oxidation sites excluding steroid dienone is 2. The minimum atomic E-state index is -0.102. The summed E-state index contributed by atoms with van der Waals surface area (Å²) in [6.07, 6.45) is 6.89. The lowest BCUT2D eigenvalue weighted by Crippen LogP contribution is -2.32. The van der Waals surface area contributed by atoms with E-state index in [0.717, 1.165) is 23.6 Å². The molecule has 0 N–H and O–H groups in total. The van der Waals surface area contributed by atoms with Crippen molar-refractivity contribution in [3.05, 3.63) is 149 Å². The summed E-state index contributed by atoms with van der Waals surface area (Å²) in [7, 11) is 0. The summed E-state index contributed by atoms with van der Waals surface area (Å²) in [5.41, 5.74) is 11.1. The average Bonchev–Trinajstić information content (AvgIpc) is 2.99. The third kappa shape index (κ3) is 5.07. The third-order valence-electron chi connectivity index (χ3n) is 8.41. The van der Waals surface area contributed by atoms with Gasteiger partial charge in [0.05, 0.1) is 5.69 Å². The van der Waals surface area contributed by atoms with Crippen LogP contribution in [0, 0.1) is 13.8 Å². The van der Waals surface area contributed by atoms with E-state index in [1.165, 1.54) is 44.3 Å². The summed E-state index contributed by atoms with van der Waals surface area (Å²) in [4.78, 5) is 4.73. The van der Waals surface area contributed by atoms with Gasteiger partial charge in [0.1, 0.15) is 0 Å². The summed E-state index contributed by atoms with van der Waals surface area (Å²) in [5.74, 6) is 0. The highest BCUT2D eigenvalue weighted by molar-refractivity contribution is 5.98. The maximum Gasteiger partial charge on any atom is 0.0527 e. The van der Waals surface area contributed by atoms with Crippen molar-refractivity contribution in [1.82, 2.24) is 0 Å². The molecule has 0 unspecified atom stereocenters. The predicted molar refractivity (Wildman–Crippen MR) is 178 cm³/mol. The summed E-state index contributed by atoms with van der Waals surface area (Å²) in [6, 6.07) is 39.7. The molecule has 0 radical (unpaired) electrons. The van der Waals surface area contributed by atoms with Gasteiger partial charge in [-0.05, 0) is 79.3 Å². The monoisotopic (exact) mass is 534 g/mol. The van der Waals surface area contributed by atoms with Crippen LogP contribution < -0.4 is 9.80 Å². The SMILES string of the molecule is CCN1C=C(C=Cc2ccc(N(c3ccc(C)cc3)c3ccc(C)cc3)cc2)C(C)(C)c2ccc3ccccc3c21. The van der Waals surface area contributed by atoms with Gasteiger partial charge < -0.3 is 9.80 Å². The molecule has 0 saturated heterocycles. The van der Waals surface area contributed by atoms with Gasteiger partial charge in [0.15, 0.2) is 0 Å². The minimum absolute atomic E-state index is 0.102. The number of anilines is 4. The van der Waals surface area contributed by atoms with Crippen LogP contribution in [0.25, 0.3) is 16.8 Å². The maximum atomic E-state index is 2.41. The Kier molecular flexibility index (Phi) is 7.01. The molecule has 0 saturated carbocycles. The Balaban J connectivity index is 1.32. The van der Waals surface area contributed by atoms with Crippen LogP contribution in [-0.4, -0.2) is 6.54 Å². The van der Waals surface area contributed by atoms with Crippen molar-refractivity contribution in [2.45, 2.75) is 40.0 Å².